The maximum Gasteiger partial charge on any atom is 1.00 e. The molecule has 1 fully saturated rings. The molecule has 5 nitrogen and oxygen atoms in total. The van der Waals surface area contributed by atoms with Crippen LogP contribution in [0.3, 0.4) is 0 Å². The zero-order valence-corrected chi connectivity index (χ0v) is 12.3. The van der Waals surface area contributed by atoms with E-state index in [4.69, 9.17) is 14.4 Å². The first-order valence-electron chi connectivity index (χ1n) is 3.43. The summed E-state index contributed by atoms with van der Waals surface area (Å²) in [5.41, 5.74) is 0. The minimum Gasteiger partial charge on any atom is -0.780 e. The molecule has 1 rings (SSSR count). The van der Waals surface area contributed by atoms with Gasteiger partial charge < -0.3 is 23.8 Å². The van der Waals surface area contributed by atoms with Gasteiger partial charge in [-0.25, -0.2) is 0 Å². The van der Waals surface area contributed by atoms with Crippen molar-refractivity contribution in [3.8, 4) is 0 Å². The fourth-order valence-corrected chi connectivity index (χ4v) is 1.39. The minimum atomic E-state index is -3.79. The van der Waals surface area contributed by atoms with Crippen LogP contribution in [0.15, 0.2) is 0 Å². The van der Waals surface area contributed by atoms with E-state index in [1.165, 1.54) is 0 Å². The molecule has 1 aliphatic heterocycles. The van der Waals surface area contributed by atoms with Crippen molar-refractivity contribution in [1.82, 2.24) is 0 Å². The molecule has 0 aromatic heterocycles. The summed E-state index contributed by atoms with van der Waals surface area (Å²) in [5.74, 6) is 0. The van der Waals surface area contributed by atoms with Crippen molar-refractivity contribution in [3.05, 3.63) is 0 Å². The van der Waals surface area contributed by atoms with E-state index in [-0.39, 0.29) is 70.4 Å². The topological polar surface area (TPSA) is 71.0 Å². The molecule has 1 aliphatic rings. The Morgan fingerprint density at radius 1 is 1.77 bits per heavy atom. The van der Waals surface area contributed by atoms with Gasteiger partial charge in [0.25, 0.3) is 0 Å². The SMILES string of the molecule is CC1OCC(COP([O-])(O)=S)O1.[K+]. The Morgan fingerprint density at radius 2 is 2.38 bits per heavy atom. The number of rotatable bonds is 3. The molecule has 3 unspecified atom stereocenters. The predicted molar refractivity (Wildman–Crippen MR) is 42.7 cm³/mol. The molecule has 0 spiro atoms. The third-order valence-corrected chi connectivity index (χ3v) is 2.12. The third-order valence-electron chi connectivity index (χ3n) is 1.32. The molecule has 0 aromatic carbocycles. The Bertz CT molecular complexity index is 197. The molecule has 72 valence electrons. The Hall–Kier alpha value is 2.09. The van der Waals surface area contributed by atoms with Crippen LogP contribution in [-0.4, -0.2) is 30.5 Å². The molecule has 1 saturated heterocycles. The van der Waals surface area contributed by atoms with E-state index in [0.717, 1.165) is 0 Å². The van der Waals surface area contributed by atoms with Crippen molar-refractivity contribution in [2.24, 2.45) is 0 Å². The van der Waals surface area contributed by atoms with E-state index in [1.54, 1.807) is 6.92 Å². The van der Waals surface area contributed by atoms with E-state index in [9.17, 15) is 4.89 Å². The molecule has 0 amide bonds. The second kappa shape index (κ2) is 6.62. The van der Waals surface area contributed by atoms with Crippen LogP contribution in [0.25, 0.3) is 0 Å². The Morgan fingerprint density at radius 3 is 2.77 bits per heavy atom. The van der Waals surface area contributed by atoms with Crippen molar-refractivity contribution in [2.75, 3.05) is 13.2 Å². The van der Waals surface area contributed by atoms with Gasteiger partial charge in [-0.05, 0) is 6.92 Å². The van der Waals surface area contributed by atoms with Crippen LogP contribution in [0, 0.1) is 0 Å². The van der Waals surface area contributed by atoms with Gasteiger partial charge in [-0.15, -0.1) is 0 Å². The fourth-order valence-electron chi connectivity index (χ4n) is 0.857. The van der Waals surface area contributed by atoms with Crippen molar-refractivity contribution < 1.29 is 75.2 Å². The van der Waals surface area contributed by atoms with Gasteiger partial charge >= 0.3 is 51.4 Å². The maximum atomic E-state index is 10.5. The van der Waals surface area contributed by atoms with Gasteiger partial charge in [0.15, 0.2) is 6.29 Å². The summed E-state index contributed by atoms with van der Waals surface area (Å²) in [5, 5.41) is 0. The third kappa shape index (κ3) is 7.05. The van der Waals surface area contributed by atoms with Gasteiger partial charge in [0.2, 0.25) is 0 Å². The largest absolute Gasteiger partial charge is 1.00 e. The van der Waals surface area contributed by atoms with E-state index in [0.29, 0.717) is 6.61 Å². The zero-order chi connectivity index (χ0) is 9.19. The van der Waals surface area contributed by atoms with Gasteiger partial charge in [-0.3, -0.25) is 0 Å². The van der Waals surface area contributed by atoms with Crippen molar-refractivity contribution >= 4 is 18.5 Å². The summed E-state index contributed by atoms with van der Waals surface area (Å²) in [4.78, 5) is 19.1. The van der Waals surface area contributed by atoms with Crippen LogP contribution in [-0.2, 0) is 25.8 Å². The predicted octanol–water partition coefficient (Wildman–Crippen LogP) is -3.65. The summed E-state index contributed by atoms with van der Waals surface area (Å²) >= 11 is 4.14. The molecule has 0 radical (unpaired) electrons. The van der Waals surface area contributed by atoms with Crippen molar-refractivity contribution in [3.63, 3.8) is 0 Å². The Kier molecular flexibility index (Phi) is 7.68. The first-order chi connectivity index (χ1) is 5.47. The Labute approximate surface area is 124 Å². The Balaban J connectivity index is 0.00000144. The first kappa shape index (κ1) is 15.1. The standard InChI is InChI=1S/C5H11O5PS.K/c1-4-8-2-5(10-4)3-9-11(6,7)12;/h4-5H,2-3H2,1H3,(H2,6,7,12);/q;+1/p-1. The molecule has 0 aliphatic carbocycles. The molecule has 1 N–H and O–H groups in total. The summed E-state index contributed by atoms with van der Waals surface area (Å²) < 4.78 is 14.6. The molecular weight excluding hydrogens is 242 g/mol. The van der Waals surface area contributed by atoms with Crippen LogP contribution < -0.4 is 56.3 Å². The average Bonchev–Trinajstić information content (AvgIpc) is 2.30. The van der Waals surface area contributed by atoms with Crippen molar-refractivity contribution in [1.29, 1.82) is 0 Å². The number of hydrogen-bond acceptors (Lipinski definition) is 5. The fraction of sp³-hybridized carbons (Fsp3) is 1.00. The van der Waals surface area contributed by atoms with Crippen LogP contribution in [0.5, 0.6) is 0 Å². The molecular formula is C5H10KO5PS. The van der Waals surface area contributed by atoms with Crippen LogP contribution in [0.1, 0.15) is 6.92 Å². The van der Waals surface area contributed by atoms with Crippen LogP contribution in [0.2, 0.25) is 0 Å². The molecule has 13 heavy (non-hydrogen) atoms. The van der Waals surface area contributed by atoms with Gasteiger partial charge in [-0.2, -0.15) is 0 Å². The van der Waals surface area contributed by atoms with E-state index >= 15 is 0 Å². The summed E-state index contributed by atoms with van der Waals surface area (Å²) in [7, 11) is 0. The van der Waals surface area contributed by atoms with Gasteiger partial charge in [0, 0.05) is 0 Å². The summed E-state index contributed by atoms with van der Waals surface area (Å²) in [6, 6.07) is 0. The maximum absolute atomic E-state index is 10.5. The average molecular weight is 252 g/mol. The molecule has 1 heterocycles. The molecule has 0 bridgehead atoms. The second-order valence-corrected chi connectivity index (χ2v) is 5.00. The number of hydrogen-bond donors (Lipinski definition) is 1. The van der Waals surface area contributed by atoms with Gasteiger partial charge in [-0.1, -0.05) is 11.8 Å². The van der Waals surface area contributed by atoms with E-state index in [1.807, 2.05) is 0 Å². The molecule has 0 aromatic rings. The van der Waals surface area contributed by atoms with Crippen molar-refractivity contribution in [2.45, 2.75) is 19.3 Å². The van der Waals surface area contributed by atoms with Crippen LogP contribution in [0.4, 0.5) is 0 Å². The summed E-state index contributed by atoms with van der Waals surface area (Å²) in [6.07, 6.45) is -0.565. The van der Waals surface area contributed by atoms with Gasteiger partial charge in [0.1, 0.15) is 12.8 Å². The second-order valence-electron chi connectivity index (χ2n) is 2.42. The quantitative estimate of drug-likeness (QED) is 0.412. The minimum absolute atomic E-state index is 0. The van der Waals surface area contributed by atoms with E-state index in [2.05, 4.69) is 16.3 Å². The molecule has 0 saturated carbocycles. The first-order valence-corrected chi connectivity index (χ1v) is 6.02. The van der Waals surface area contributed by atoms with Crippen LogP contribution >= 0.6 is 6.72 Å². The normalized spacial score (nSPS) is 32.2. The zero-order valence-electron chi connectivity index (χ0n) is 7.50. The monoisotopic (exact) mass is 252 g/mol. The van der Waals surface area contributed by atoms with E-state index < -0.39 is 6.72 Å². The molecule has 8 heteroatoms. The summed E-state index contributed by atoms with van der Waals surface area (Å²) in [6.45, 7) is -1.67. The molecule has 3 atom stereocenters. The van der Waals surface area contributed by atoms with Gasteiger partial charge in [0.05, 0.1) is 13.2 Å². The smallest absolute Gasteiger partial charge is 0.780 e. The number of ether oxygens (including phenoxy) is 2.